The molecule has 0 bridgehead atoms. The number of halogens is 2. The molecular weight excluding hydrogens is 154 g/mol. The van der Waals surface area contributed by atoms with Crippen LogP contribution in [0, 0.1) is 0 Å². The van der Waals surface area contributed by atoms with E-state index in [0.717, 1.165) is 0 Å². The molecule has 0 saturated carbocycles. The van der Waals surface area contributed by atoms with E-state index in [1.54, 1.807) is 0 Å². The van der Waals surface area contributed by atoms with Gasteiger partial charge in [0.1, 0.15) is 13.5 Å². The monoisotopic (exact) mass is 168 g/mol. The van der Waals surface area contributed by atoms with E-state index in [-0.39, 0.29) is 19.6 Å². The summed E-state index contributed by atoms with van der Waals surface area (Å²) in [5.41, 5.74) is 0. The second kappa shape index (κ2) is 7.84. The van der Waals surface area contributed by atoms with Crippen molar-refractivity contribution in [3.8, 4) is 0 Å². The molecule has 0 amide bonds. The lowest BCUT2D eigenvalue weighted by Crippen LogP contribution is -2.35. The summed E-state index contributed by atoms with van der Waals surface area (Å²) in [6, 6.07) is 0. The number of nitrogens with one attached hydrogen (secondary N) is 2. The van der Waals surface area contributed by atoms with Crippen LogP contribution in [0.5, 0.6) is 0 Å². The Kier molecular flexibility index (Phi) is 7.66. The zero-order valence-electron chi connectivity index (χ0n) is 6.32. The lowest BCUT2D eigenvalue weighted by Gasteiger charge is -2.09. The van der Waals surface area contributed by atoms with Gasteiger partial charge in [0, 0.05) is 19.6 Å². The minimum absolute atomic E-state index is 0.190. The van der Waals surface area contributed by atoms with Crippen LogP contribution in [-0.2, 0) is 0 Å². The van der Waals surface area contributed by atoms with Crippen LogP contribution in [0.3, 0.4) is 0 Å². The van der Waals surface area contributed by atoms with Crippen molar-refractivity contribution < 1.29 is 13.9 Å². The van der Waals surface area contributed by atoms with Gasteiger partial charge in [-0.1, -0.05) is 0 Å². The average Bonchev–Trinajstić information content (AvgIpc) is 2.01. The maximum Gasteiger partial charge on any atom is 0.140 e. The molecule has 3 nitrogen and oxygen atoms in total. The van der Waals surface area contributed by atoms with Crippen molar-refractivity contribution in [1.29, 1.82) is 0 Å². The Morgan fingerprint density at radius 1 is 1.18 bits per heavy atom. The summed E-state index contributed by atoms with van der Waals surface area (Å²) in [7, 11) is 0. The van der Waals surface area contributed by atoms with E-state index in [9.17, 15) is 8.78 Å². The molecule has 11 heavy (non-hydrogen) atoms. The standard InChI is InChI=1S/C6H14F2N2O/c7-1-2-9-3-6(11)4-10-5-8/h6,9-11H,1-5H2. The molecule has 3 N–H and O–H groups in total. The lowest BCUT2D eigenvalue weighted by atomic mass is 10.3. The first-order valence-electron chi connectivity index (χ1n) is 3.52. The Morgan fingerprint density at radius 2 is 1.82 bits per heavy atom. The zero-order valence-corrected chi connectivity index (χ0v) is 6.32. The fourth-order valence-corrected chi connectivity index (χ4v) is 0.629. The average molecular weight is 168 g/mol. The van der Waals surface area contributed by atoms with E-state index >= 15 is 0 Å². The molecule has 68 valence electrons. The number of alkyl halides is 2. The molecule has 0 radical (unpaired) electrons. The molecule has 0 spiro atoms. The minimum Gasteiger partial charge on any atom is -0.390 e. The fourth-order valence-electron chi connectivity index (χ4n) is 0.629. The van der Waals surface area contributed by atoms with E-state index in [4.69, 9.17) is 5.11 Å². The maximum atomic E-state index is 11.5. The molecule has 1 atom stereocenters. The summed E-state index contributed by atoms with van der Waals surface area (Å²) in [5, 5.41) is 14.0. The summed E-state index contributed by atoms with van der Waals surface area (Å²) < 4.78 is 22.9. The van der Waals surface area contributed by atoms with Crippen molar-refractivity contribution >= 4 is 0 Å². The summed E-state index contributed by atoms with van der Waals surface area (Å²) in [6.45, 7) is -0.400. The van der Waals surface area contributed by atoms with Crippen LogP contribution >= 0.6 is 0 Å². The van der Waals surface area contributed by atoms with Gasteiger partial charge < -0.3 is 10.4 Å². The SMILES string of the molecule is OC(CNCF)CNCCF. The number of aliphatic hydroxyl groups is 1. The van der Waals surface area contributed by atoms with E-state index in [1.807, 2.05) is 0 Å². The molecule has 0 fully saturated rings. The first-order valence-corrected chi connectivity index (χ1v) is 3.52. The van der Waals surface area contributed by atoms with Crippen LogP contribution in [0.25, 0.3) is 0 Å². The second-order valence-corrected chi connectivity index (χ2v) is 2.13. The quantitative estimate of drug-likeness (QED) is 0.352. The number of aliphatic hydroxyl groups excluding tert-OH is 1. The molecule has 0 heterocycles. The normalized spacial score (nSPS) is 13.4. The molecule has 0 aromatic rings. The van der Waals surface area contributed by atoms with Gasteiger partial charge in [0.15, 0.2) is 0 Å². The number of rotatable bonds is 7. The van der Waals surface area contributed by atoms with Crippen LogP contribution in [0.4, 0.5) is 8.78 Å². The summed E-state index contributed by atoms with van der Waals surface area (Å²) >= 11 is 0. The predicted octanol–water partition coefficient (Wildman–Crippen LogP) is -0.577. The lowest BCUT2D eigenvalue weighted by molar-refractivity contribution is 0.162. The van der Waals surface area contributed by atoms with Crippen molar-refractivity contribution in [1.82, 2.24) is 10.6 Å². The van der Waals surface area contributed by atoms with Gasteiger partial charge in [0.2, 0.25) is 0 Å². The summed E-state index contributed by atoms with van der Waals surface area (Å²) in [5.74, 6) is 0. The number of hydrogen-bond acceptors (Lipinski definition) is 3. The van der Waals surface area contributed by atoms with Crippen molar-refractivity contribution in [3.05, 3.63) is 0 Å². The first kappa shape index (κ1) is 10.7. The summed E-state index contributed by atoms with van der Waals surface area (Å²) in [6.07, 6.45) is -0.655. The third kappa shape index (κ3) is 7.64. The van der Waals surface area contributed by atoms with Gasteiger partial charge in [0.25, 0.3) is 0 Å². The van der Waals surface area contributed by atoms with Gasteiger partial charge in [-0.05, 0) is 0 Å². The van der Waals surface area contributed by atoms with E-state index in [0.29, 0.717) is 0 Å². The third-order valence-electron chi connectivity index (χ3n) is 1.13. The number of hydrogen-bond donors (Lipinski definition) is 3. The fraction of sp³-hybridized carbons (Fsp3) is 1.00. The highest BCUT2D eigenvalue weighted by Crippen LogP contribution is 1.77. The second-order valence-electron chi connectivity index (χ2n) is 2.13. The van der Waals surface area contributed by atoms with Crippen LogP contribution in [-0.4, -0.2) is 44.3 Å². The van der Waals surface area contributed by atoms with Crippen molar-refractivity contribution in [2.24, 2.45) is 0 Å². The molecular formula is C6H14F2N2O. The molecule has 0 saturated heterocycles. The Morgan fingerprint density at radius 3 is 2.36 bits per heavy atom. The van der Waals surface area contributed by atoms with Crippen LogP contribution in [0.1, 0.15) is 0 Å². The molecule has 0 aromatic heterocycles. The Bertz CT molecular complexity index is 85.0. The van der Waals surface area contributed by atoms with Crippen LogP contribution in [0.15, 0.2) is 0 Å². The van der Waals surface area contributed by atoms with E-state index in [1.165, 1.54) is 0 Å². The molecule has 0 aliphatic rings. The zero-order chi connectivity index (χ0) is 8.53. The van der Waals surface area contributed by atoms with Crippen LogP contribution in [0.2, 0.25) is 0 Å². The molecule has 0 aliphatic carbocycles. The van der Waals surface area contributed by atoms with Crippen LogP contribution < -0.4 is 10.6 Å². The largest absolute Gasteiger partial charge is 0.390 e. The molecule has 5 heteroatoms. The predicted molar refractivity (Wildman–Crippen MR) is 38.8 cm³/mol. The Labute approximate surface area is 64.8 Å². The maximum absolute atomic E-state index is 11.5. The van der Waals surface area contributed by atoms with Gasteiger partial charge in [0.05, 0.1) is 6.10 Å². The molecule has 0 aliphatic heterocycles. The highest BCUT2D eigenvalue weighted by Gasteiger charge is 2.00. The van der Waals surface area contributed by atoms with Gasteiger partial charge >= 0.3 is 0 Å². The summed E-state index contributed by atoms with van der Waals surface area (Å²) in [4.78, 5) is 0. The highest BCUT2D eigenvalue weighted by atomic mass is 19.1. The first-order chi connectivity index (χ1) is 5.31. The topological polar surface area (TPSA) is 44.3 Å². The molecule has 0 rings (SSSR count). The Hall–Kier alpha value is -0.260. The van der Waals surface area contributed by atoms with Gasteiger partial charge in [-0.25, -0.2) is 8.78 Å². The van der Waals surface area contributed by atoms with Gasteiger partial charge in [-0.2, -0.15) is 0 Å². The highest BCUT2D eigenvalue weighted by molar-refractivity contribution is 4.60. The minimum atomic E-state index is -0.655. The van der Waals surface area contributed by atoms with Crippen molar-refractivity contribution in [2.45, 2.75) is 6.10 Å². The van der Waals surface area contributed by atoms with E-state index in [2.05, 4.69) is 10.6 Å². The van der Waals surface area contributed by atoms with E-state index < -0.39 is 19.6 Å². The Balaban J connectivity index is 3.02. The molecule has 1 unspecified atom stereocenters. The van der Waals surface area contributed by atoms with Gasteiger partial charge in [-0.15, -0.1) is 0 Å². The molecule has 0 aromatic carbocycles. The van der Waals surface area contributed by atoms with Crippen molar-refractivity contribution in [3.63, 3.8) is 0 Å². The third-order valence-corrected chi connectivity index (χ3v) is 1.13. The van der Waals surface area contributed by atoms with Gasteiger partial charge in [-0.3, -0.25) is 5.32 Å². The van der Waals surface area contributed by atoms with Crippen molar-refractivity contribution in [2.75, 3.05) is 33.1 Å². The smallest absolute Gasteiger partial charge is 0.140 e.